The van der Waals surface area contributed by atoms with E-state index < -0.39 is 5.66 Å². The lowest BCUT2D eigenvalue weighted by Gasteiger charge is -2.09. The standard InChI is InChI=1S/C14H12F2N3OP/c15-14(16,21)13-12(10-4-2-1-3-5-10)7-19(18-13)6-11-8-20-9-17-11/h1-5,7-9H,6,21H2. The minimum absolute atomic E-state index is 0.275. The molecule has 0 bridgehead atoms. The molecule has 0 aliphatic carbocycles. The Bertz CT molecular complexity index is 721. The third-order valence-corrected chi connectivity index (χ3v) is 3.24. The lowest BCUT2D eigenvalue weighted by Crippen LogP contribution is -2.07. The Hall–Kier alpha value is -2.07. The van der Waals surface area contributed by atoms with Gasteiger partial charge in [-0.25, -0.2) is 4.98 Å². The Kier molecular flexibility index (Phi) is 3.55. The van der Waals surface area contributed by atoms with Crippen LogP contribution in [-0.2, 0) is 12.2 Å². The molecule has 4 nitrogen and oxygen atoms in total. The van der Waals surface area contributed by atoms with Gasteiger partial charge in [0, 0.05) is 11.8 Å². The topological polar surface area (TPSA) is 43.9 Å². The molecular formula is C14H12F2N3OP. The van der Waals surface area contributed by atoms with Crippen molar-refractivity contribution in [3.8, 4) is 11.1 Å². The van der Waals surface area contributed by atoms with Crippen molar-refractivity contribution in [3.63, 3.8) is 0 Å². The molecule has 3 aromatic rings. The van der Waals surface area contributed by atoms with E-state index in [2.05, 4.69) is 10.1 Å². The van der Waals surface area contributed by atoms with Gasteiger partial charge in [-0.2, -0.15) is 13.9 Å². The van der Waals surface area contributed by atoms with E-state index in [-0.39, 0.29) is 12.2 Å². The van der Waals surface area contributed by atoms with Gasteiger partial charge in [0.05, 0.1) is 6.54 Å². The van der Waals surface area contributed by atoms with E-state index in [9.17, 15) is 8.78 Å². The molecule has 1 aromatic carbocycles. The van der Waals surface area contributed by atoms with Gasteiger partial charge in [0.25, 0.3) is 0 Å². The van der Waals surface area contributed by atoms with Crippen molar-refractivity contribution >= 4 is 9.24 Å². The van der Waals surface area contributed by atoms with Gasteiger partial charge in [-0.15, -0.1) is 0 Å². The lowest BCUT2D eigenvalue weighted by atomic mass is 10.1. The van der Waals surface area contributed by atoms with E-state index >= 15 is 0 Å². The van der Waals surface area contributed by atoms with Crippen molar-refractivity contribution in [2.24, 2.45) is 0 Å². The third-order valence-electron chi connectivity index (χ3n) is 2.97. The molecule has 3 rings (SSSR count). The predicted octanol–water partition coefficient (Wildman–Crippen LogP) is 3.51. The highest BCUT2D eigenvalue weighted by atomic mass is 31.0. The number of aromatic nitrogens is 3. The monoisotopic (exact) mass is 307 g/mol. The van der Waals surface area contributed by atoms with Crippen molar-refractivity contribution in [2.75, 3.05) is 0 Å². The van der Waals surface area contributed by atoms with Crippen LogP contribution >= 0.6 is 9.24 Å². The number of rotatable bonds is 4. The summed E-state index contributed by atoms with van der Waals surface area (Å²) >= 11 is 0. The van der Waals surface area contributed by atoms with Gasteiger partial charge in [0.2, 0.25) is 0 Å². The number of nitrogens with zero attached hydrogens (tertiary/aromatic N) is 3. The van der Waals surface area contributed by atoms with Crippen LogP contribution in [0.4, 0.5) is 8.78 Å². The van der Waals surface area contributed by atoms with Crippen LogP contribution in [0.1, 0.15) is 11.4 Å². The third kappa shape index (κ3) is 3.00. The van der Waals surface area contributed by atoms with Crippen LogP contribution in [0.2, 0.25) is 0 Å². The summed E-state index contributed by atoms with van der Waals surface area (Å²) < 4.78 is 33.8. The van der Waals surface area contributed by atoms with Crippen LogP contribution < -0.4 is 0 Å². The van der Waals surface area contributed by atoms with Gasteiger partial charge in [-0.05, 0) is 5.56 Å². The molecule has 0 saturated carbocycles. The maximum Gasteiger partial charge on any atom is 0.302 e. The van der Waals surface area contributed by atoms with Gasteiger partial charge >= 0.3 is 5.66 Å². The molecule has 0 saturated heterocycles. The molecule has 0 aliphatic rings. The summed E-state index contributed by atoms with van der Waals surface area (Å²) in [6, 6.07) is 8.99. The zero-order valence-corrected chi connectivity index (χ0v) is 12.1. The molecular weight excluding hydrogens is 295 g/mol. The Morgan fingerprint density at radius 2 is 2.00 bits per heavy atom. The van der Waals surface area contributed by atoms with Crippen LogP contribution in [0.15, 0.2) is 53.6 Å². The van der Waals surface area contributed by atoms with E-state index in [4.69, 9.17) is 4.42 Å². The SMILES string of the molecule is FC(F)(P)c1nn(Cc2cocn2)cc1-c1ccccc1. The minimum atomic E-state index is -3.10. The zero-order valence-electron chi connectivity index (χ0n) is 10.9. The van der Waals surface area contributed by atoms with Crippen molar-refractivity contribution in [1.29, 1.82) is 0 Å². The average molecular weight is 307 g/mol. The molecule has 0 spiro atoms. The second-order valence-corrected chi connectivity index (χ2v) is 5.28. The molecule has 21 heavy (non-hydrogen) atoms. The molecule has 1 atom stereocenters. The maximum atomic E-state index is 13.7. The second-order valence-electron chi connectivity index (χ2n) is 4.56. The highest BCUT2D eigenvalue weighted by molar-refractivity contribution is 7.17. The predicted molar refractivity (Wildman–Crippen MR) is 76.9 cm³/mol. The number of benzene rings is 1. The molecule has 0 N–H and O–H groups in total. The summed E-state index contributed by atoms with van der Waals surface area (Å²) in [5.74, 6) is 0. The quantitative estimate of drug-likeness (QED) is 0.693. The zero-order chi connectivity index (χ0) is 14.9. The fourth-order valence-electron chi connectivity index (χ4n) is 2.06. The van der Waals surface area contributed by atoms with Crippen LogP contribution in [-0.4, -0.2) is 14.8 Å². The van der Waals surface area contributed by atoms with Crippen molar-refractivity contribution < 1.29 is 13.2 Å². The fraction of sp³-hybridized carbons (Fsp3) is 0.143. The van der Waals surface area contributed by atoms with Crippen LogP contribution in [0, 0.1) is 0 Å². The van der Waals surface area contributed by atoms with E-state index in [0.29, 0.717) is 16.8 Å². The molecule has 108 valence electrons. The summed E-state index contributed by atoms with van der Waals surface area (Å²) in [6.45, 7) is 0.275. The first-order valence-corrected chi connectivity index (χ1v) is 6.79. The largest absolute Gasteiger partial charge is 0.451 e. The summed E-state index contributed by atoms with van der Waals surface area (Å²) in [5.41, 5.74) is -1.65. The molecule has 2 heterocycles. The first-order valence-electron chi connectivity index (χ1n) is 6.21. The first-order chi connectivity index (χ1) is 10.0. The summed E-state index contributed by atoms with van der Waals surface area (Å²) in [5, 5.41) is 4.00. The smallest absolute Gasteiger partial charge is 0.302 e. The molecule has 7 heteroatoms. The Balaban J connectivity index is 2.03. The maximum absolute atomic E-state index is 13.7. The Morgan fingerprint density at radius 1 is 1.24 bits per heavy atom. The van der Waals surface area contributed by atoms with Crippen LogP contribution in [0.5, 0.6) is 0 Å². The summed E-state index contributed by atoms with van der Waals surface area (Å²) in [6.07, 6.45) is 4.35. The average Bonchev–Trinajstić information content (AvgIpc) is 3.09. The molecule has 0 amide bonds. The van der Waals surface area contributed by atoms with Gasteiger partial charge in [0.1, 0.15) is 17.7 Å². The highest BCUT2D eigenvalue weighted by Gasteiger charge is 2.32. The number of oxazole rings is 1. The first kappa shape index (κ1) is 13.9. The summed E-state index contributed by atoms with van der Waals surface area (Å²) in [4.78, 5) is 3.97. The Morgan fingerprint density at radius 3 is 2.62 bits per heavy atom. The molecule has 0 radical (unpaired) electrons. The van der Waals surface area contributed by atoms with Crippen LogP contribution in [0.3, 0.4) is 0 Å². The molecule has 1 unspecified atom stereocenters. The summed E-state index contributed by atoms with van der Waals surface area (Å²) in [7, 11) is 1.53. The van der Waals surface area contributed by atoms with Gasteiger partial charge < -0.3 is 4.42 Å². The van der Waals surface area contributed by atoms with Gasteiger partial charge in [-0.1, -0.05) is 39.6 Å². The van der Waals surface area contributed by atoms with Crippen molar-refractivity contribution in [1.82, 2.24) is 14.8 Å². The molecule has 2 aromatic heterocycles. The van der Waals surface area contributed by atoms with Crippen LogP contribution in [0.25, 0.3) is 11.1 Å². The van der Waals surface area contributed by atoms with E-state index in [1.54, 1.807) is 30.5 Å². The Labute approximate surface area is 122 Å². The highest BCUT2D eigenvalue weighted by Crippen LogP contribution is 2.39. The van der Waals surface area contributed by atoms with E-state index in [1.165, 1.54) is 26.6 Å². The number of hydrogen-bond acceptors (Lipinski definition) is 3. The molecule has 0 aliphatic heterocycles. The normalized spacial score (nSPS) is 11.8. The van der Waals surface area contributed by atoms with E-state index in [1.807, 2.05) is 6.07 Å². The second kappa shape index (κ2) is 5.37. The lowest BCUT2D eigenvalue weighted by molar-refractivity contribution is 0.0984. The number of alkyl halides is 2. The number of hydrogen-bond donors (Lipinski definition) is 0. The van der Waals surface area contributed by atoms with Crippen molar-refractivity contribution in [3.05, 3.63) is 60.6 Å². The fourth-order valence-corrected chi connectivity index (χ4v) is 2.27. The van der Waals surface area contributed by atoms with Gasteiger partial charge in [-0.3, -0.25) is 4.68 Å². The van der Waals surface area contributed by atoms with Gasteiger partial charge in [0.15, 0.2) is 6.39 Å². The minimum Gasteiger partial charge on any atom is -0.451 e. The number of halogens is 2. The van der Waals surface area contributed by atoms with E-state index in [0.717, 1.165) is 0 Å². The van der Waals surface area contributed by atoms with Crippen molar-refractivity contribution in [2.45, 2.75) is 12.2 Å². The molecule has 0 fully saturated rings.